The van der Waals surface area contributed by atoms with Gasteiger partial charge in [-0.05, 0) is 42.3 Å². The van der Waals surface area contributed by atoms with Crippen molar-refractivity contribution in [3.05, 3.63) is 88.4 Å². The van der Waals surface area contributed by atoms with Crippen LogP contribution in [-0.4, -0.2) is 33.5 Å². The van der Waals surface area contributed by atoms with Crippen molar-refractivity contribution in [3.63, 3.8) is 0 Å². The number of para-hydroxylation sites is 2. The van der Waals surface area contributed by atoms with Gasteiger partial charge < -0.3 is 10.1 Å². The van der Waals surface area contributed by atoms with E-state index in [1.54, 1.807) is 24.3 Å². The number of carbonyl (C=O) groups excluding carboxylic acids is 1. The highest BCUT2D eigenvalue weighted by Gasteiger charge is 2.38. The van der Waals surface area contributed by atoms with Crippen LogP contribution in [0.5, 0.6) is 5.75 Å². The number of benzene rings is 3. The van der Waals surface area contributed by atoms with E-state index in [2.05, 4.69) is 5.32 Å². The highest BCUT2D eigenvalue weighted by molar-refractivity contribution is 7.93. The minimum Gasteiger partial charge on any atom is -0.476 e. The van der Waals surface area contributed by atoms with Gasteiger partial charge in [0.2, 0.25) is 0 Å². The second-order valence-corrected chi connectivity index (χ2v) is 9.89. The summed E-state index contributed by atoms with van der Waals surface area (Å²) in [7, 11) is -4.10. The molecule has 1 N–H and O–H groups in total. The van der Waals surface area contributed by atoms with E-state index in [0.717, 1.165) is 9.87 Å². The molecule has 1 aliphatic heterocycles. The van der Waals surface area contributed by atoms with Crippen LogP contribution in [0.4, 0.5) is 5.69 Å². The molecule has 3 aromatic rings. The monoisotopic (exact) mass is 490 g/mol. The Morgan fingerprint density at radius 2 is 1.75 bits per heavy atom. The summed E-state index contributed by atoms with van der Waals surface area (Å²) in [5.74, 6) is -0.100. The number of amides is 1. The van der Waals surface area contributed by atoms with Gasteiger partial charge in [0.15, 0.2) is 6.10 Å². The number of nitrogens with zero attached hydrogens (tertiary/aromatic N) is 1. The Bertz CT molecular complexity index is 1240. The molecule has 1 heterocycles. The van der Waals surface area contributed by atoms with Crippen LogP contribution >= 0.6 is 23.2 Å². The van der Waals surface area contributed by atoms with Gasteiger partial charge in [-0.25, -0.2) is 8.42 Å². The van der Waals surface area contributed by atoms with E-state index in [9.17, 15) is 13.2 Å². The molecule has 0 spiro atoms. The summed E-state index contributed by atoms with van der Waals surface area (Å²) in [5.41, 5.74) is 1.42. The van der Waals surface area contributed by atoms with Crippen LogP contribution < -0.4 is 14.4 Å². The third-order valence-corrected chi connectivity index (χ3v) is 7.54. The molecule has 1 atom stereocenters. The van der Waals surface area contributed by atoms with Gasteiger partial charge in [0.1, 0.15) is 10.6 Å². The molecule has 0 saturated carbocycles. The Morgan fingerprint density at radius 1 is 1.03 bits per heavy atom. The van der Waals surface area contributed by atoms with Crippen LogP contribution in [0, 0.1) is 0 Å². The summed E-state index contributed by atoms with van der Waals surface area (Å²) < 4.78 is 33.9. The molecule has 9 heteroatoms. The van der Waals surface area contributed by atoms with Crippen LogP contribution in [-0.2, 0) is 21.2 Å². The van der Waals surface area contributed by atoms with Gasteiger partial charge in [0.05, 0.1) is 17.3 Å². The van der Waals surface area contributed by atoms with Crippen LogP contribution in [0.2, 0.25) is 10.0 Å². The van der Waals surface area contributed by atoms with Gasteiger partial charge in [-0.15, -0.1) is 0 Å². The van der Waals surface area contributed by atoms with Gasteiger partial charge in [0.25, 0.3) is 15.9 Å². The second-order valence-electron chi connectivity index (χ2n) is 7.21. The number of halogens is 2. The largest absolute Gasteiger partial charge is 0.476 e. The van der Waals surface area contributed by atoms with Crippen molar-refractivity contribution >= 4 is 44.8 Å². The third-order valence-electron chi connectivity index (χ3n) is 5.04. The highest BCUT2D eigenvalue weighted by Crippen LogP contribution is 2.38. The Kier molecular flexibility index (Phi) is 6.60. The lowest BCUT2D eigenvalue weighted by molar-refractivity contribution is -0.127. The molecule has 0 aromatic heterocycles. The first-order valence-corrected chi connectivity index (χ1v) is 12.1. The number of carbonyl (C=O) groups is 1. The van der Waals surface area contributed by atoms with Crippen molar-refractivity contribution in [2.75, 3.05) is 17.4 Å². The molecule has 166 valence electrons. The lowest BCUT2D eigenvalue weighted by Crippen LogP contribution is -2.51. The topological polar surface area (TPSA) is 75.7 Å². The smallest absolute Gasteiger partial charge is 0.266 e. The van der Waals surface area contributed by atoms with Crippen molar-refractivity contribution in [2.45, 2.75) is 17.4 Å². The van der Waals surface area contributed by atoms with E-state index in [-0.39, 0.29) is 21.5 Å². The number of anilines is 1. The SMILES string of the molecule is O=C(NCCc1ccccc1)[C@@H]1CN(S(=O)(=O)c2cc(Cl)ccc2Cl)c2ccccc2O1. The fraction of sp³-hybridized carbons (Fsp3) is 0.174. The minimum absolute atomic E-state index is 0.0437. The van der Waals surface area contributed by atoms with E-state index in [1.807, 2.05) is 30.3 Å². The zero-order chi connectivity index (χ0) is 22.7. The van der Waals surface area contributed by atoms with Crippen molar-refractivity contribution in [1.29, 1.82) is 0 Å². The predicted molar refractivity (Wildman–Crippen MR) is 125 cm³/mol. The minimum atomic E-state index is -4.10. The molecule has 0 unspecified atom stereocenters. The molecule has 0 saturated heterocycles. The molecule has 4 rings (SSSR count). The molecule has 0 radical (unpaired) electrons. The maximum Gasteiger partial charge on any atom is 0.266 e. The molecular formula is C23H20Cl2N2O4S. The van der Waals surface area contributed by atoms with Crippen molar-refractivity contribution in [2.24, 2.45) is 0 Å². The lowest BCUT2D eigenvalue weighted by atomic mass is 10.1. The van der Waals surface area contributed by atoms with E-state index in [0.29, 0.717) is 24.4 Å². The quantitative estimate of drug-likeness (QED) is 0.558. The average molecular weight is 491 g/mol. The van der Waals surface area contributed by atoms with Crippen LogP contribution in [0.3, 0.4) is 0 Å². The zero-order valence-electron chi connectivity index (χ0n) is 16.9. The van der Waals surface area contributed by atoms with Gasteiger partial charge in [-0.3, -0.25) is 9.10 Å². The summed E-state index contributed by atoms with van der Waals surface area (Å²) >= 11 is 12.2. The molecule has 1 aliphatic rings. The maximum atomic E-state index is 13.5. The highest BCUT2D eigenvalue weighted by atomic mass is 35.5. The molecule has 3 aromatic carbocycles. The molecule has 0 aliphatic carbocycles. The maximum absolute atomic E-state index is 13.5. The average Bonchev–Trinajstić information content (AvgIpc) is 2.80. The van der Waals surface area contributed by atoms with E-state index in [1.165, 1.54) is 18.2 Å². The number of fused-ring (bicyclic) bond motifs is 1. The third kappa shape index (κ3) is 4.70. The predicted octanol–water partition coefficient (Wildman–Crippen LogP) is 4.31. The summed E-state index contributed by atoms with van der Waals surface area (Å²) in [4.78, 5) is 12.7. The molecule has 0 fully saturated rings. The van der Waals surface area contributed by atoms with Gasteiger partial charge in [0, 0.05) is 11.6 Å². The van der Waals surface area contributed by atoms with E-state index in [4.69, 9.17) is 27.9 Å². The molecule has 6 nitrogen and oxygen atoms in total. The summed E-state index contributed by atoms with van der Waals surface area (Å²) in [6.07, 6.45) is -0.371. The number of rotatable bonds is 6. The van der Waals surface area contributed by atoms with Gasteiger partial charge in [-0.1, -0.05) is 65.7 Å². The summed E-state index contributed by atoms with van der Waals surface area (Å²) in [5, 5.41) is 3.12. The van der Waals surface area contributed by atoms with Crippen molar-refractivity contribution in [1.82, 2.24) is 5.32 Å². The van der Waals surface area contributed by atoms with Crippen LogP contribution in [0.25, 0.3) is 0 Å². The zero-order valence-corrected chi connectivity index (χ0v) is 19.2. The van der Waals surface area contributed by atoms with Crippen molar-refractivity contribution < 1.29 is 17.9 Å². The standard InChI is InChI=1S/C23H20Cl2N2O4S/c24-17-10-11-18(25)22(14-17)32(29,30)27-15-21(31-20-9-5-4-8-19(20)27)23(28)26-13-12-16-6-2-1-3-7-16/h1-11,14,21H,12-13,15H2,(H,26,28)/t21-/m0/s1. The number of ether oxygens (including phenoxy) is 1. The Hall–Kier alpha value is -2.74. The van der Waals surface area contributed by atoms with Crippen LogP contribution in [0.1, 0.15) is 5.56 Å². The first-order chi connectivity index (χ1) is 15.4. The Labute approximate surface area is 196 Å². The van der Waals surface area contributed by atoms with Gasteiger partial charge in [-0.2, -0.15) is 0 Å². The van der Waals surface area contributed by atoms with Crippen LogP contribution in [0.15, 0.2) is 77.7 Å². The molecular weight excluding hydrogens is 471 g/mol. The molecule has 0 bridgehead atoms. The molecule has 1 amide bonds. The Morgan fingerprint density at radius 3 is 2.53 bits per heavy atom. The van der Waals surface area contributed by atoms with Gasteiger partial charge >= 0.3 is 0 Å². The summed E-state index contributed by atoms with van der Waals surface area (Å²) in [6.45, 7) is 0.205. The number of nitrogens with one attached hydrogen (secondary N) is 1. The molecule has 32 heavy (non-hydrogen) atoms. The van der Waals surface area contributed by atoms with Crippen molar-refractivity contribution in [3.8, 4) is 5.75 Å². The number of hydrogen-bond acceptors (Lipinski definition) is 4. The lowest BCUT2D eigenvalue weighted by Gasteiger charge is -2.34. The Balaban J connectivity index is 1.58. The first kappa shape index (κ1) is 22.5. The summed E-state index contributed by atoms with van der Waals surface area (Å²) in [6, 6.07) is 20.6. The van der Waals surface area contributed by atoms with E-state index < -0.39 is 22.0 Å². The fourth-order valence-corrected chi connectivity index (χ4v) is 5.66. The number of sulfonamides is 1. The number of hydrogen-bond donors (Lipinski definition) is 1. The second kappa shape index (κ2) is 9.40. The fourth-order valence-electron chi connectivity index (χ4n) is 3.45. The normalized spacial score (nSPS) is 15.6. The first-order valence-electron chi connectivity index (χ1n) is 9.91. The van der Waals surface area contributed by atoms with E-state index >= 15 is 0 Å².